The summed E-state index contributed by atoms with van der Waals surface area (Å²) in [4.78, 5) is 12.1. The molecule has 1 aliphatic rings. The van der Waals surface area contributed by atoms with Crippen molar-refractivity contribution >= 4 is 6.09 Å². The first-order chi connectivity index (χ1) is 14.3. The number of alkyl carbamates (subject to hydrolysis) is 1. The van der Waals surface area contributed by atoms with Gasteiger partial charge in [-0.2, -0.15) is 0 Å². The number of nitrogens with zero attached hydrogens (tertiary/aromatic N) is 3. The molecule has 0 saturated heterocycles. The molecule has 29 heavy (non-hydrogen) atoms. The highest BCUT2D eigenvalue weighted by Gasteiger charge is 2.19. The number of amides is 1. The maximum atomic E-state index is 12.1. The van der Waals surface area contributed by atoms with Gasteiger partial charge in [-0.05, 0) is 24.0 Å². The maximum Gasteiger partial charge on any atom is 0.407 e. The number of ether oxygens (including phenoxy) is 1. The highest BCUT2D eigenvalue weighted by atomic mass is 16.5. The van der Waals surface area contributed by atoms with Crippen molar-refractivity contribution in [2.45, 2.75) is 50.8 Å². The van der Waals surface area contributed by atoms with Gasteiger partial charge in [0, 0.05) is 6.04 Å². The van der Waals surface area contributed by atoms with Crippen LogP contribution in [0.3, 0.4) is 0 Å². The molecule has 6 heteroatoms. The van der Waals surface area contributed by atoms with E-state index in [1.807, 2.05) is 47.3 Å². The molecule has 1 fully saturated rings. The van der Waals surface area contributed by atoms with E-state index in [1.165, 1.54) is 19.3 Å². The van der Waals surface area contributed by atoms with Crippen LogP contribution < -0.4 is 5.32 Å². The van der Waals surface area contributed by atoms with E-state index in [1.54, 1.807) is 0 Å². The first-order valence-electron chi connectivity index (χ1n) is 10.2. The molecule has 0 unspecified atom stereocenters. The van der Waals surface area contributed by atoms with Crippen LogP contribution in [0.4, 0.5) is 4.79 Å². The lowest BCUT2D eigenvalue weighted by atomic mass is 9.96. The fourth-order valence-electron chi connectivity index (χ4n) is 3.87. The van der Waals surface area contributed by atoms with Crippen molar-refractivity contribution in [2.75, 3.05) is 0 Å². The van der Waals surface area contributed by atoms with Gasteiger partial charge in [0.05, 0.1) is 6.20 Å². The topological polar surface area (TPSA) is 69.0 Å². The van der Waals surface area contributed by atoms with Crippen LogP contribution in [0.2, 0.25) is 0 Å². The van der Waals surface area contributed by atoms with Crippen LogP contribution in [0.1, 0.15) is 55.0 Å². The minimum atomic E-state index is -0.380. The molecule has 1 saturated carbocycles. The van der Waals surface area contributed by atoms with Crippen LogP contribution in [0.5, 0.6) is 0 Å². The molecule has 0 atom stereocenters. The van der Waals surface area contributed by atoms with Crippen molar-refractivity contribution in [3.05, 3.63) is 83.7 Å². The van der Waals surface area contributed by atoms with E-state index >= 15 is 0 Å². The summed E-state index contributed by atoms with van der Waals surface area (Å²) >= 11 is 0. The lowest BCUT2D eigenvalue weighted by Gasteiger charge is -2.22. The van der Waals surface area contributed by atoms with E-state index in [0.717, 1.165) is 24.0 Å². The Morgan fingerprint density at radius 3 is 2.24 bits per heavy atom. The minimum Gasteiger partial charge on any atom is -0.443 e. The third-order valence-electron chi connectivity index (χ3n) is 5.33. The average molecular weight is 390 g/mol. The molecule has 1 heterocycles. The molecule has 1 aromatic heterocycles. The van der Waals surface area contributed by atoms with E-state index in [0.29, 0.717) is 5.69 Å². The Morgan fingerprint density at radius 2 is 1.62 bits per heavy atom. The number of carbonyl (C=O) groups excluding carboxylic acids is 1. The van der Waals surface area contributed by atoms with Crippen LogP contribution >= 0.6 is 0 Å². The van der Waals surface area contributed by atoms with Crippen LogP contribution in [-0.2, 0) is 11.3 Å². The molecule has 150 valence electrons. The summed E-state index contributed by atoms with van der Waals surface area (Å²) in [6.45, 7) is 0.106. The number of hydrogen-bond donors (Lipinski definition) is 1. The number of rotatable bonds is 6. The second-order valence-corrected chi connectivity index (χ2v) is 7.47. The summed E-state index contributed by atoms with van der Waals surface area (Å²) in [5.41, 5.74) is 2.86. The van der Waals surface area contributed by atoms with Gasteiger partial charge in [0.2, 0.25) is 0 Å². The highest BCUT2D eigenvalue weighted by Crippen LogP contribution is 2.25. The summed E-state index contributed by atoms with van der Waals surface area (Å²) in [5.74, 6) is 0. The zero-order valence-corrected chi connectivity index (χ0v) is 16.4. The average Bonchev–Trinajstić information content (AvgIpc) is 3.23. The van der Waals surface area contributed by atoms with Crippen molar-refractivity contribution in [1.29, 1.82) is 0 Å². The predicted octanol–water partition coefficient (Wildman–Crippen LogP) is 4.47. The van der Waals surface area contributed by atoms with Gasteiger partial charge in [-0.15, -0.1) is 5.10 Å². The Bertz CT molecular complexity index is 865. The minimum absolute atomic E-state index is 0.0882. The fourth-order valence-corrected chi connectivity index (χ4v) is 3.87. The Morgan fingerprint density at radius 1 is 1.00 bits per heavy atom. The van der Waals surface area contributed by atoms with Crippen LogP contribution in [-0.4, -0.2) is 27.1 Å². The molecule has 3 aromatic rings. The zero-order chi connectivity index (χ0) is 19.9. The number of benzene rings is 2. The molecule has 2 aromatic carbocycles. The van der Waals surface area contributed by atoms with E-state index in [4.69, 9.17) is 4.74 Å². The van der Waals surface area contributed by atoms with Crippen LogP contribution in [0, 0.1) is 0 Å². The summed E-state index contributed by atoms with van der Waals surface area (Å²) in [7, 11) is 0. The molecular formula is C23H26N4O2. The number of aromatic nitrogens is 3. The normalized spacial score (nSPS) is 14.7. The SMILES string of the molecule is O=C(NC1CCCCC1)OCc1cn(C(c2ccccc2)c2ccccc2)nn1. The summed E-state index contributed by atoms with van der Waals surface area (Å²) < 4.78 is 7.19. The monoisotopic (exact) mass is 390 g/mol. The third-order valence-corrected chi connectivity index (χ3v) is 5.33. The molecule has 0 aliphatic heterocycles. The van der Waals surface area contributed by atoms with Crippen molar-refractivity contribution in [3.63, 3.8) is 0 Å². The number of nitrogens with one attached hydrogen (secondary N) is 1. The van der Waals surface area contributed by atoms with Gasteiger partial charge >= 0.3 is 6.09 Å². The molecule has 0 spiro atoms. The Hall–Kier alpha value is -3.15. The molecule has 1 amide bonds. The Balaban J connectivity index is 1.44. The highest BCUT2D eigenvalue weighted by molar-refractivity contribution is 5.67. The van der Waals surface area contributed by atoms with Crippen molar-refractivity contribution in [2.24, 2.45) is 0 Å². The van der Waals surface area contributed by atoms with Crippen molar-refractivity contribution in [1.82, 2.24) is 20.3 Å². The molecule has 1 aliphatic carbocycles. The van der Waals surface area contributed by atoms with Gasteiger partial charge in [-0.1, -0.05) is 85.1 Å². The summed E-state index contributed by atoms with van der Waals surface area (Å²) in [5, 5.41) is 11.5. The molecule has 6 nitrogen and oxygen atoms in total. The van der Waals surface area contributed by atoms with Crippen molar-refractivity contribution in [3.8, 4) is 0 Å². The Kier molecular flexibility index (Phi) is 6.19. The lowest BCUT2D eigenvalue weighted by Crippen LogP contribution is -2.36. The molecular weight excluding hydrogens is 364 g/mol. The third kappa shape index (κ3) is 5.02. The lowest BCUT2D eigenvalue weighted by molar-refractivity contribution is 0.131. The number of carbonyl (C=O) groups is 1. The fraction of sp³-hybridized carbons (Fsp3) is 0.348. The van der Waals surface area contributed by atoms with Crippen LogP contribution in [0.25, 0.3) is 0 Å². The first kappa shape index (κ1) is 19.2. The molecule has 0 radical (unpaired) electrons. The van der Waals surface area contributed by atoms with Gasteiger partial charge in [0.15, 0.2) is 0 Å². The molecule has 4 rings (SSSR count). The van der Waals surface area contributed by atoms with E-state index in [2.05, 4.69) is 39.9 Å². The summed E-state index contributed by atoms with van der Waals surface area (Å²) in [6.07, 6.45) is 7.11. The van der Waals surface area contributed by atoms with Gasteiger partial charge in [-0.3, -0.25) is 0 Å². The predicted molar refractivity (Wildman–Crippen MR) is 110 cm³/mol. The quantitative estimate of drug-likeness (QED) is 0.674. The Labute approximate surface area is 170 Å². The van der Waals surface area contributed by atoms with E-state index < -0.39 is 0 Å². The van der Waals surface area contributed by atoms with E-state index in [9.17, 15) is 4.79 Å². The molecule has 0 bridgehead atoms. The largest absolute Gasteiger partial charge is 0.443 e. The summed E-state index contributed by atoms with van der Waals surface area (Å²) in [6, 6.07) is 20.5. The van der Waals surface area contributed by atoms with Gasteiger partial charge in [0.1, 0.15) is 18.3 Å². The standard InChI is InChI=1S/C23H26N4O2/c28-23(24-20-14-8-3-9-15-20)29-17-21-16-27(26-25-21)22(18-10-4-1-5-11-18)19-12-6-2-7-13-19/h1-2,4-7,10-13,16,20,22H,3,8-9,14-15,17H2,(H,24,28). The first-order valence-corrected chi connectivity index (χ1v) is 10.2. The number of hydrogen-bond acceptors (Lipinski definition) is 4. The van der Waals surface area contributed by atoms with E-state index in [-0.39, 0.29) is 24.8 Å². The smallest absolute Gasteiger partial charge is 0.407 e. The molecule has 1 N–H and O–H groups in total. The van der Waals surface area contributed by atoms with Crippen LogP contribution in [0.15, 0.2) is 66.9 Å². The van der Waals surface area contributed by atoms with Crippen molar-refractivity contribution < 1.29 is 9.53 Å². The van der Waals surface area contributed by atoms with Gasteiger partial charge in [-0.25, -0.2) is 9.48 Å². The second-order valence-electron chi connectivity index (χ2n) is 7.47. The van der Waals surface area contributed by atoms with Gasteiger partial charge in [0.25, 0.3) is 0 Å². The maximum absolute atomic E-state index is 12.1. The zero-order valence-electron chi connectivity index (χ0n) is 16.4. The second kappa shape index (κ2) is 9.37. The van der Waals surface area contributed by atoms with Gasteiger partial charge < -0.3 is 10.1 Å².